The molecule has 2 N–H and O–H groups in total. The van der Waals surface area contributed by atoms with E-state index in [9.17, 15) is 8.42 Å². The van der Waals surface area contributed by atoms with Gasteiger partial charge < -0.3 is 10.1 Å². The van der Waals surface area contributed by atoms with Crippen molar-refractivity contribution in [2.24, 2.45) is 0 Å². The predicted molar refractivity (Wildman–Crippen MR) is 78.2 cm³/mol. The Morgan fingerprint density at radius 2 is 2.10 bits per heavy atom. The van der Waals surface area contributed by atoms with E-state index in [4.69, 9.17) is 4.74 Å². The first kappa shape index (κ1) is 15.4. The van der Waals surface area contributed by atoms with Gasteiger partial charge in [-0.25, -0.2) is 13.1 Å². The number of methoxy groups -OCH3 is 1. The highest BCUT2D eigenvalue weighted by Gasteiger charge is 2.21. The van der Waals surface area contributed by atoms with Gasteiger partial charge in [0.25, 0.3) is 0 Å². The Morgan fingerprint density at radius 1 is 1.35 bits per heavy atom. The number of hydrogen-bond donors (Lipinski definition) is 2. The molecular weight excluding hydrogens is 276 g/mol. The summed E-state index contributed by atoms with van der Waals surface area (Å²) < 4.78 is 32.3. The molecule has 0 bridgehead atoms. The van der Waals surface area contributed by atoms with E-state index in [1.54, 1.807) is 19.2 Å². The largest absolute Gasteiger partial charge is 0.384 e. The summed E-state index contributed by atoms with van der Waals surface area (Å²) >= 11 is 0. The minimum atomic E-state index is -3.42. The van der Waals surface area contributed by atoms with Crippen molar-refractivity contribution in [1.82, 2.24) is 10.0 Å². The summed E-state index contributed by atoms with van der Waals surface area (Å²) in [6.07, 6.45) is 2.68. The summed E-state index contributed by atoms with van der Waals surface area (Å²) in [5.41, 5.74) is 1.07. The fourth-order valence-electron chi connectivity index (χ4n) is 2.30. The number of sulfonamides is 1. The standard InChI is InChI=1S/C14H22N2O3S/c1-19-10-8-12-4-6-14(7-5-12)20(17,18)16-13-3-2-9-15-11-13/h4-7,13,15-16H,2-3,8-11H2,1H3. The number of piperidine rings is 1. The molecule has 1 fully saturated rings. The highest BCUT2D eigenvalue weighted by Crippen LogP contribution is 2.13. The zero-order valence-corrected chi connectivity index (χ0v) is 12.6. The molecule has 0 saturated carbocycles. The molecule has 5 nitrogen and oxygen atoms in total. The number of ether oxygens (including phenoxy) is 1. The quantitative estimate of drug-likeness (QED) is 0.819. The molecule has 1 aromatic rings. The molecule has 112 valence electrons. The lowest BCUT2D eigenvalue weighted by atomic mass is 10.1. The minimum Gasteiger partial charge on any atom is -0.384 e. The number of hydrogen-bond acceptors (Lipinski definition) is 4. The fraction of sp³-hybridized carbons (Fsp3) is 0.571. The highest BCUT2D eigenvalue weighted by atomic mass is 32.2. The summed E-state index contributed by atoms with van der Waals surface area (Å²) in [6, 6.07) is 6.98. The first-order valence-corrected chi connectivity index (χ1v) is 8.41. The molecule has 1 saturated heterocycles. The fourth-order valence-corrected chi connectivity index (χ4v) is 3.57. The third kappa shape index (κ3) is 4.28. The lowest BCUT2D eigenvalue weighted by Crippen LogP contribution is -2.45. The summed E-state index contributed by atoms with van der Waals surface area (Å²) in [4.78, 5) is 0.323. The smallest absolute Gasteiger partial charge is 0.240 e. The zero-order valence-electron chi connectivity index (χ0n) is 11.8. The molecule has 1 unspecified atom stereocenters. The number of rotatable bonds is 6. The summed E-state index contributed by atoms with van der Waals surface area (Å²) in [5.74, 6) is 0. The van der Waals surface area contributed by atoms with Crippen molar-refractivity contribution < 1.29 is 13.2 Å². The third-order valence-electron chi connectivity index (χ3n) is 3.45. The van der Waals surface area contributed by atoms with Crippen molar-refractivity contribution in [2.75, 3.05) is 26.8 Å². The van der Waals surface area contributed by atoms with Gasteiger partial charge in [0.15, 0.2) is 0 Å². The van der Waals surface area contributed by atoms with Crippen LogP contribution in [0.4, 0.5) is 0 Å². The van der Waals surface area contributed by atoms with Crippen LogP contribution in [0.2, 0.25) is 0 Å². The Morgan fingerprint density at radius 3 is 2.70 bits per heavy atom. The van der Waals surface area contributed by atoms with Crippen LogP contribution in [0.3, 0.4) is 0 Å². The van der Waals surface area contributed by atoms with Gasteiger partial charge in [-0.3, -0.25) is 0 Å². The molecule has 0 aliphatic carbocycles. The maximum absolute atomic E-state index is 12.3. The van der Waals surface area contributed by atoms with E-state index in [1.807, 2.05) is 12.1 Å². The SMILES string of the molecule is COCCc1ccc(S(=O)(=O)NC2CCCNC2)cc1. The van der Waals surface area contributed by atoms with Crippen molar-refractivity contribution in [1.29, 1.82) is 0 Å². The molecule has 1 heterocycles. The van der Waals surface area contributed by atoms with Crippen LogP contribution in [-0.2, 0) is 21.2 Å². The van der Waals surface area contributed by atoms with Crippen LogP contribution >= 0.6 is 0 Å². The van der Waals surface area contributed by atoms with Crippen LogP contribution in [0.1, 0.15) is 18.4 Å². The van der Waals surface area contributed by atoms with Crippen molar-refractivity contribution >= 4 is 10.0 Å². The van der Waals surface area contributed by atoms with Crippen LogP contribution in [0.5, 0.6) is 0 Å². The average molecular weight is 298 g/mol. The minimum absolute atomic E-state index is 0.0121. The highest BCUT2D eigenvalue weighted by molar-refractivity contribution is 7.89. The summed E-state index contributed by atoms with van der Waals surface area (Å²) in [5, 5.41) is 3.20. The third-order valence-corrected chi connectivity index (χ3v) is 4.98. The maximum Gasteiger partial charge on any atom is 0.240 e. The molecule has 1 aliphatic rings. The second-order valence-corrected chi connectivity index (χ2v) is 6.77. The number of nitrogens with one attached hydrogen (secondary N) is 2. The molecule has 0 radical (unpaired) electrons. The molecule has 0 amide bonds. The van der Waals surface area contributed by atoms with Crippen LogP contribution in [0, 0.1) is 0 Å². The van der Waals surface area contributed by atoms with Gasteiger partial charge in [-0.15, -0.1) is 0 Å². The van der Waals surface area contributed by atoms with E-state index >= 15 is 0 Å². The zero-order chi connectivity index (χ0) is 14.4. The normalized spacial score (nSPS) is 19.9. The van der Waals surface area contributed by atoms with E-state index < -0.39 is 10.0 Å². The molecule has 0 spiro atoms. The van der Waals surface area contributed by atoms with Gasteiger partial charge >= 0.3 is 0 Å². The van der Waals surface area contributed by atoms with Gasteiger partial charge in [0, 0.05) is 19.7 Å². The Labute approximate surface area is 120 Å². The molecule has 2 rings (SSSR count). The monoisotopic (exact) mass is 298 g/mol. The van der Waals surface area contributed by atoms with Crippen molar-refractivity contribution in [3.63, 3.8) is 0 Å². The average Bonchev–Trinajstić information content (AvgIpc) is 2.46. The first-order chi connectivity index (χ1) is 9.62. The van der Waals surface area contributed by atoms with E-state index in [-0.39, 0.29) is 6.04 Å². The van der Waals surface area contributed by atoms with Crippen molar-refractivity contribution in [3.05, 3.63) is 29.8 Å². The van der Waals surface area contributed by atoms with Crippen LogP contribution < -0.4 is 10.0 Å². The van der Waals surface area contributed by atoms with E-state index in [0.29, 0.717) is 18.0 Å². The lowest BCUT2D eigenvalue weighted by molar-refractivity contribution is 0.202. The van der Waals surface area contributed by atoms with E-state index in [2.05, 4.69) is 10.0 Å². The molecule has 1 aliphatic heterocycles. The van der Waals surface area contributed by atoms with Crippen molar-refractivity contribution in [2.45, 2.75) is 30.2 Å². The first-order valence-electron chi connectivity index (χ1n) is 6.93. The van der Waals surface area contributed by atoms with Gasteiger partial charge in [-0.2, -0.15) is 0 Å². The van der Waals surface area contributed by atoms with Crippen LogP contribution in [-0.4, -0.2) is 41.3 Å². The lowest BCUT2D eigenvalue weighted by Gasteiger charge is -2.23. The van der Waals surface area contributed by atoms with Gasteiger partial charge in [0.2, 0.25) is 10.0 Å². The second kappa shape index (κ2) is 7.17. The van der Waals surface area contributed by atoms with Gasteiger partial charge in [0.05, 0.1) is 11.5 Å². The van der Waals surface area contributed by atoms with Crippen LogP contribution in [0.15, 0.2) is 29.2 Å². The molecule has 1 aromatic carbocycles. The Hall–Kier alpha value is -0.950. The molecule has 1 atom stereocenters. The summed E-state index contributed by atoms with van der Waals surface area (Å²) in [7, 11) is -1.76. The van der Waals surface area contributed by atoms with E-state index in [1.165, 1.54) is 0 Å². The van der Waals surface area contributed by atoms with Gasteiger partial charge in [0.1, 0.15) is 0 Å². The Balaban J connectivity index is 2.01. The van der Waals surface area contributed by atoms with Crippen LogP contribution in [0.25, 0.3) is 0 Å². The molecule has 20 heavy (non-hydrogen) atoms. The Kier molecular flexibility index (Phi) is 5.54. The summed E-state index contributed by atoms with van der Waals surface area (Å²) in [6.45, 7) is 2.30. The van der Waals surface area contributed by atoms with Gasteiger partial charge in [-0.1, -0.05) is 12.1 Å². The van der Waals surface area contributed by atoms with Crippen molar-refractivity contribution in [3.8, 4) is 0 Å². The second-order valence-electron chi connectivity index (χ2n) is 5.05. The maximum atomic E-state index is 12.3. The van der Waals surface area contributed by atoms with Gasteiger partial charge in [-0.05, 0) is 43.5 Å². The molecular formula is C14H22N2O3S. The topological polar surface area (TPSA) is 67.4 Å². The predicted octanol–water partition coefficient (Wildman–Crippen LogP) is 0.906. The number of benzene rings is 1. The molecule has 0 aromatic heterocycles. The Bertz CT molecular complexity index is 508. The molecule has 6 heteroatoms. The van der Waals surface area contributed by atoms with E-state index in [0.717, 1.165) is 31.4 Å².